The Morgan fingerprint density at radius 1 is 1.33 bits per heavy atom. The normalized spacial score (nSPS) is 12.0. The second-order valence-electron chi connectivity index (χ2n) is 5.60. The van der Waals surface area contributed by atoms with E-state index in [9.17, 15) is 9.18 Å². The van der Waals surface area contributed by atoms with Gasteiger partial charge < -0.3 is 10.1 Å². The maximum Gasteiger partial charge on any atom is 0.241 e. The van der Waals surface area contributed by atoms with E-state index in [4.69, 9.17) is 4.74 Å². The van der Waals surface area contributed by atoms with Crippen LogP contribution in [0.3, 0.4) is 0 Å². The van der Waals surface area contributed by atoms with Crippen molar-refractivity contribution in [1.82, 2.24) is 15.2 Å². The van der Waals surface area contributed by atoms with Crippen LogP contribution in [0.5, 0.6) is 5.75 Å². The Kier molecular flexibility index (Phi) is 6.69. The largest absolute Gasteiger partial charge is 0.492 e. The lowest BCUT2D eigenvalue weighted by atomic mass is 10.1. The van der Waals surface area contributed by atoms with Crippen LogP contribution in [0, 0.1) is 5.82 Å². The fraction of sp³-hybridized carbons (Fsp3) is 0.333. The molecule has 1 amide bonds. The predicted molar refractivity (Wildman–Crippen MR) is 90.2 cm³/mol. The van der Waals surface area contributed by atoms with Crippen molar-refractivity contribution >= 4 is 5.91 Å². The molecule has 1 heterocycles. The van der Waals surface area contributed by atoms with E-state index in [1.54, 1.807) is 49.6 Å². The molecule has 0 aliphatic rings. The van der Waals surface area contributed by atoms with Crippen LogP contribution in [-0.4, -0.2) is 43.0 Å². The summed E-state index contributed by atoms with van der Waals surface area (Å²) in [6.45, 7) is 0.970. The van der Waals surface area contributed by atoms with Gasteiger partial charge in [0, 0.05) is 12.7 Å². The van der Waals surface area contributed by atoms with Gasteiger partial charge in [-0.1, -0.05) is 12.1 Å². The van der Waals surface area contributed by atoms with E-state index in [1.165, 1.54) is 12.1 Å². The fourth-order valence-corrected chi connectivity index (χ4v) is 2.36. The first-order chi connectivity index (χ1) is 11.6. The van der Waals surface area contributed by atoms with Gasteiger partial charge in [0.2, 0.25) is 5.91 Å². The lowest BCUT2D eigenvalue weighted by Crippen LogP contribution is -2.37. The van der Waals surface area contributed by atoms with Crippen LogP contribution in [0.2, 0.25) is 0 Å². The smallest absolute Gasteiger partial charge is 0.241 e. The van der Waals surface area contributed by atoms with Crippen molar-refractivity contribution in [2.75, 3.05) is 27.2 Å². The summed E-state index contributed by atoms with van der Waals surface area (Å²) in [7, 11) is 3.58. The van der Waals surface area contributed by atoms with E-state index >= 15 is 0 Å². The number of halogens is 1. The van der Waals surface area contributed by atoms with Crippen molar-refractivity contribution in [2.45, 2.75) is 12.5 Å². The third kappa shape index (κ3) is 5.31. The summed E-state index contributed by atoms with van der Waals surface area (Å²) in [5.74, 6) is 0.193. The van der Waals surface area contributed by atoms with Crippen molar-refractivity contribution in [3.05, 3.63) is 60.2 Å². The number of nitrogens with zero attached hydrogens (tertiary/aromatic N) is 2. The molecule has 0 fully saturated rings. The highest BCUT2D eigenvalue weighted by Gasteiger charge is 2.22. The number of amides is 1. The van der Waals surface area contributed by atoms with Gasteiger partial charge in [0.25, 0.3) is 0 Å². The van der Waals surface area contributed by atoms with Crippen LogP contribution in [0.15, 0.2) is 48.8 Å². The highest BCUT2D eigenvalue weighted by molar-refractivity contribution is 5.83. The molecule has 0 saturated carbocycles. The molecule has 24 heavy (non-hydrogen) atoms. The van der Waals surface area contributed by atoms with Crippen LogP contribution < -0.4 is 10.1 Å². The zero-order valence-electron chi connectivity index (χ0n) is 13.9. The first-order valence-electron chi connectivity index (χ1n) is 7.80. The topological polar surface area (TPSA) is 54.5 Å². The van der Waals surface area contributed by atoms with Gasteiger partial charge in [0.05, 0.1) is 12.8 Å². The molecule has 0 aliphatic carbocycles. The van der Waals surface area contributed by atoms with Crippen LogP contribution >= 0.6 is 0 Å². The van der Waals surface area contributed by atoms with Gasteiger partial charge in [0.15, 0.2) is 0 Å². The van der Waals surface area contributed by atoms with Gasteiger partial charge in [0.1, 0.15) is 17.6 Å². The standard InChI is InChI=1S/C18H22FN3O2/c1-22(2)17(14-6-3-7-15(19)12-14)18(23)21-10-5-11-24-16-8-4-9-20-13-16/h3-4,6-9,12-13,17H,5,10-11H2,1-2H3,(H,21,23)/t17-/m0/s1. The number of aromatic nitrogens is 1. The molecule has 0 radical (unpaired) electrons. The zero-order chi connectivity index (χ0) is 17.4. The lowest BCUT2D eigenvalue weighted by molar-refractivity contribution is -0.125. The molecular formula is C18H22FN3O2. The molecule has 0 bridgehead atoms. The molecule has 2 aromatic rings. The molecule has 1 aromatic heterocycles. The van der Waals surface area contributed by atoms with Crippen LogP contribution in [0.4, 0.5) is 4.39 Å². The Balaban J connectivity index is 1.81. The van der Waals surface area contributed by atoms with Gasteiger partial charge in [-0.15, -0.1) is 0 Å². The number of benzene rings is 1. The minimum absolute atomic E-state index is 0.160. The summed E-state index contributed by atoms with van der Waals surface area (Å²) in [5, 5.41) is 2.87. The number of ether oxygens (including phenoxy) is 1. The van der Waals surface area contributed by atoms with Gasteiger partial charge in [-0.05, 0) is 50.3 Å². The molecule has 2 rings (SSSR count). The number of carbonyl (C=O) groups is 1. The number of nitrogens with one attached hydrogen (secondary N) is 1. The number of carbonyl (C=O) groups excluding carboxylic acids is 1. The van der Waals surface area contributed by atoms with Crippen molar-refractivity contribution in [2.24, 2.45) is 0 Å². The summed E-state index contributed by atoms with van der Waals surface area (Å²) in [6, 6.07) is 9.21. The average molecular weight is 331 g/mol. The van der Waals surface area contributed by atoms with E-state index in [0.717, 1.165) is 0 Å². The predicted octanol–water partition coefficient (Wildman–Crippen LogP) is 2.41. The van der Waals surface area contributed by atoms with Crippen molar-refractivity contribution in [3.63, 3.8) is 0 Å². The van der Waals surface area contributed by atoms with E-state index in [2.05, 4.69) is 10.3 Å². The van der Waals surface area contributed by atoms with E-state index in [0.29, 0.717) is 30.9 Å². The van der Waals surface area contributed by atoms with E-state index in [-0.39, 0.29) is 11.7 Å². The maximum absolute atomic E-state index is 13.4. The molecule has 128 valence electrons. The molecular weight excluding hydrogens is 309 g/mol. The molecule has 0 saturated heterocycles. The maximum atomic E-state index is 13.4. The zero-order valence-corrected chi connectivity index (χ0v) is 13.9. The Hall–Kier alpha value is -2.47. The molecule has 0 spiro atoms. The highest BCUT2D eigenvalue weighted by atomic mass is 19.1. The quantitative estimate of drug-likeness (QED) is 0.755. The third-order valence-electron chi connectivity index (χ3n) is 3.45. The molecule has 1 N–H and O–H groups in total. The molecule has 6 heteroatoms. The molecule has 5 nitrogen and oxygen atoms in total. The van der Waals surface area contributed by atoms with Crippen LogP contribution in [-0.2, 0) is 4.79 Å². The molecule has 0 aliphatic heterocycles. The fourth-order valence-electron chi connectivity index (χ4n) is 2.36. The minimum atomic E-state index is -0.528. The Morgan fingerprint density at radius 3 is 2.83 bits per heavy atom. The summed E-state index contributed by atoms with van der Waals surface area (Å²) >= 11 is 0. The van der Waals surface area contributed by atoms with Crippen LogP contribution in [0.1, 0.15) is 18.0 Å². The summed E-state index contributed by atoms with van der Waals surface area (Å²) in [4.78, 5) is 18.1. The highest BCUT2D eigenvalue weighted by Crippen LogP contribution is 2.19. The number of hydrogen-bond acceptors (Lipinski definition) is 4. The van der Waals surface area contributed by atoms with Crippen molar-refractivity contribution in [3.8, 4) is 5.75 Å². The van der Waals surface area contributed by atoms with Crippen LogP contribution in [0.25, 0.3) is 0 Å². The van der Waals surface area contributed by atoms with Gasteiger partial charge >= 0.3 is 0 Å². The SMILES string of the molecule is CN(C)[C@H](C(=O)NCCCOc1cccnc1)c1cccc(F)c1. The average Bonchev–Trinajstić information content (AvgIpc) is 2.55. The first kappa shape index (κ1) is 17.9. The second kappa shape index (κ2) is 8.98. The summed E-state index contributed by atoms with van der Waals surface area (Å²) < 4.78 is 18.9. The lowest BCUT2D eigenvalue weighted by Gasteiger charge is -2.24. The van der Waals surface area contributed by atoms with E-state index in [1.807, 2.05) is 6.07 Å². The second-order valence-corrected chi connectivity index (χ2v) is 5.60. The monoisotopic (exact) mass is 331 g/mol. The number of likely N-dealkylation sites (N-methyl/N-ethyl adjacent to an activating group) is 1. The van der Waals surface area contributed by atoms with Gasteiger partial charge in [-0.3, -0.25) is 14.7 Å². The number of hydrogen-bond donors (Lipinski definition) is 1. The summed E-state index contributed by atoms with van der Waals surface area (Å²) in [6.07, 6.45) is 4.00. The minimum Gasteiger partial charge on any atom is -0.492 e. The summed E-state index contributed by atoms with van der Waals surface area (Å²) in [5.41, 5.74) is 0.629. The third-order valence-corrected chi connectivity index (χ3v) is 3.45. The first-order valence-corrected chi connectivity index (χ1v) is 7.80. The van der Waals surface area contributed by atoms with Gasteiger partial charge in [-0.2, -0.15) is 0 Å². The van der Waals surface area contributed by atoms with Gasteiger partial charge in [-0.25, -0.2) is 4.39 Å². The van der Waals surface area contributed by atoms with Crippen molar-refractivity contribution < 1.29 is 13.9 Å². The number of rotatable bonds is 8. The molecule has 0 unspecified atom stereocenters. The molecule has 1 aromatic carbocycles. The van der Waals surface area contributed by atoms with Crippen molar-refractivity contribution in [1.29, 1.82) is 0 Å². The Labute approximate surface area is 141 Å². The Bertz CT molecular complexity index is 650. The Morgan fingerprint density at radius 2 is 2.17 bits per heavy atom. The van der Waals surface area contributed by atoms with E-state index < -0.39 is 6.04 Å². The number of pyridine rings is 1. The molecule has 1 atom stereocenters.